The first-order valence-corrected chi connectivity index (χ1v) is 5.25. The van der Waals surface area contributed by atoms with Gasteiger partial charge in [-0.2, -0.15) is 4.98 Å². The molecular formula is C11H12N2O4. The summed E-state index contributed by atoms with van der Waals surface area (Å²) in [5.41, 5.74) is 0.790. The number of carboxylic acid groups (broad SMARTS) is 1. The first-order chi connectivity index (χ1) is 8.16. The second-order valence-corrected chi connectivity index (χ2v) is 3.65. The van der Waals surface area contributed by atoms with E-state index in [1.165, 1.54) is 0 Å². The molecular weight excluding hydrogens is 224 g/mol. The van der Waals surface area contributed by atoms with E-state index in [0.29, 0.717) is 24.6 Å². The fraction of sp³-hybridized carbons (Fsp3) is 0.364. The number of nitrogens with zero attached hydrogens (tertiary/aromatic N) is 2. The Morgan fingerprint density at radius 2 is 2.35 bits per heavy atom. The Bertz CT molecular complexity index is 515. The molecule has 0 radical (unpaired) electrons. The lowest BCUT2D eigenvalue weighted by molar-refractivity contribution is -0.137. The molecule has 0 saturated heterocycles. The van der Waals surface area contributed by atoms with Crippen LogP contribution in [0.5, 0.6) is 0 Å². The molecule has 0 unspecified atom stereocenters. The molecule has 0 aliphatic rings. The van der Waals surface area contributed by atoms with Gasteiger partial charge < -0.3 is 14.0 Å². The zero-order valence-electron chi connectivity index (χ0n) is 9.34. The number of carbonyl (C=O) groups is 1. The van der Waals surface area contributed by atoms with Gasteiger partial charge in [0.1, 0.15) is 5.76 Å². The van der Waals surface area contributed by atoms with Crippen molar-refractivity contribution in [1.82, 2.24) is 10.1 Å². The zero-order chi connectivity index (χ0) is 12.3. The van der Waals surface area contributed by atoms with E-state index in [1.54, 1.807) is 12.3 Å². The second kappa shape index (κ2) is 4.82. The summed E-state index contributed by atoms with van der Waals surface area (Å²) >= 11 is 0. The van der Waals surface area contributed by atoms with Crippen LogP contribution in [-0.2, 0) is 11.2 Å². The van der Waals surface area contributed by atoms with E-state index in [4.69, 9.17) is 14.0 Å². The van der Waals surface area contributed by atoms with Gasteiger partial charge in [-0.3, -0.25) is 4.79 Å². The minimum Gasteiger partial charge on any atom is -0.481 e. The van der Waals surface area contributed by atoms with Crippen LogP contribution in [0.3, 0.4) is 0 Å². The molecule has 0 saturated carbocycles. The number of furan rings is 1. The predicted octanol–water partition coefficient (Wildman–Crippen LogP) is 2.05. The van der Waals surface area contributed by atoms with Gasteiger partial charge in [-0.25, -0.2) is 0 Å². The summed E-state index contributed by atoms with van der Waals surface area (Å²) in [5, 5.41) is 12.3. The molecule has 0 aliphatic carbocycles. The molecule has 0 aromatic carbocycles. The van der Waals surface area contributed by atoms with Crippen LogP contribution in [-0.4, -0.2) is 21.2 Å². The average Bonchev–Trinajstić information content (AvgIpc) is 2.86. The molecule has 6 nitrogen and oxygen atoms in total. The van der Waals surface area contributed by atoms with Gasteiger partial charge in [0.15, 0.2) is 0 Å². The Hall–Kier alpha value is -2.11. The molecule has 0 fully saturated rings. The summed E-state index contributed by atoms with van der Waals surface area (Å²) in [6, 6.07) is 1.77. The SMILES string of the molecule is Cc1occc1-c1noc(CCCC(=O)O)n1. The molecule has 1 N–H and O–H groups in total. The van der Waals surface area contributed by atoms with Gasteiger partial charge in [0.05, 0.1) is 11.8 Å². The first-order valence-electron chi connectivity index (χ1n) is 5.25. The van der Waals surface area contributed by atoms with E-state index >= 15 is 0 Å². The van der Waals surface area contributed by atoms with Crippen LogP contribution in [0.25, 0.3) is 11.4 Å². The molecule has 0 bridgehead atoms. The third-order valence-electron chi connectivity index (χ3n) is 2.35. The van der Waals surface area contributed by atoms with Gasteiger partial charge in [0, 0.05) is 12.8 Å². The van der Waals surface area contributed by atoms with Crippen molar-refractivity contribution in [1.29, 1.82) is 0 Å². The highest BCUT2D eigenvalue weighted by Crippen LogP contribution is 2.21. The van der Waals surface area contributed by atoms with Crippen LogP contribution in [0.1, 0.15) is 24.5 Å². The van der Waals surface area contributed by atoms with E-state index in [1.807, 2.05) is 6.92 Å². The number of aliphatic carboxylic acids is 1. The van der Waals surface area contributed by atoms with E-state index in [-0.39, 0.29) is 6.42 Å². The summed E-state index contributed by atoms with van der Waals surface area (Å²) in [6.45, 7) is 1.82. The van der Waals surface area contributed by atoms with Crippen LogP contribution in [0.4, 0.5) is 0 Å². The lowest BCUT2D eigenvalue weighted by Crippen LogP contribution is -1.95. The molecule has 2 rings (SSSR count). The second-order valence-electron chi connectivity index (χ2n) is 3.65. The van der Waals surface area contributed by atoms with Gasteiger partial charge in [-0.15, -0.1) is 0 Å². The zero-order valence-corrected chi connectivity index (χ0v) is 9.34. The van der Waals surface area contributed by atoms with Crippen molar-refractivity contribution < 1.29 is 18.8 Å². The summed E-state index contributed by atoms with van der Waals surface area (Å²) < 4.78 is 10.2. The normalized spacial score (nSPS) is 10.6. The van der Waals surface area contributed by atoms with Gasteiger partial charge in [-0.1, -0.05) is 5.16 Å². The van der Waals surface area contributed by atoms with Gasteiger partial charge in [-0.05, 0) is 19.4 Å². The van der Waals surface area contributed by atoms with Crippen LogP contribution in [0.2, 0.25) is 0 Å². The van der Waals surface area contributed by atoms with Crippen LogP contribution in [0.15, 0.2) is 21.3 Å². The van der Waals surface area contributed by atoms with E-state index in [0.717, 1.165) is 11.3 Å². The minimum atomic E-state index is -0.824. The van der Waals surface area contributed by atoms with E-state index < -0.39 is 5.97 Å². The molecule has 0 spiro atoms. The topological polar surface area (TPSA) is 89.4 Å². The van der Waals surface area contributed by atoms with Crippen molar-refractivity contribution in [2.75, 3.05) is 0 Å². The fourth-order valence-corrected chi connectivity index (χ4v) is 1.47. The Morgan fingerprint density at radius 1 is 1.53 bits per heavy atom. The number of carboxylic acids is 1. The van der Waals surface area contributed by atoms with Crippen molar-refractivity contribution in [3.05, 3.63) is 24.0 Å². The van der Waals surface area contributed by atoms with Crippen LogP contribution < -0.4 is 0 Å². The summed E-state index contributed by atoms with van der Waals surface area (Å²) in [7, 11) is 0. The summed E-state index contributed by atoms with van der Waals surface area (Å²) in [4.78, 5) is 14.5. The van der Waals surface area contributed by atoms with Crippen molar-refractivity contribution in [2.24, 2.45) is 0 Å². The molecule has 0 amide bonds. The smallest absolute Gasteiger partial charge is 0.303 e. The fourth-order valence-electron chi connectivity index (χ4n) is 1.47. The van der Waals surface area contributed by atoms with Gasteiger partial charge >= 0.3 is 5.97 Å². The van der Waals surface area contributed by atoms with Crippen LogP contribution >= 0.6 is 0 Å². The first kappa shape index (κ1) is 11.4. The van der Waals surface area contributed by atoms with E-state index in [2.05, 4.69) is 10.1 Å². The van der Waals surface area contributed by atoms with Crippen molar-refractivity contribution >= 4 is 5.97 Å². The Balaban J connectivity index is 2.01. The third kappa shape index (κ3) is 2.72. The lowest BCUT2D eigenvalue weighted by Gasteiger charge is -1.90. The number of hydrogen-bond acceptors (Lipinski definition) is 5. The molecule has 2 aromatic heterocycles. The number of aromatic nitrogens is 2. The maximum absolute atomic E-state index is 10.3. The molecule has 2 heterocycles. The lowest BCUT2D eigenvalue weighted by atomic mass is 10.2. The largest absolute Gasteiger partial charge is 0.481 e. The highest BCUT2D eigenvalue weighted by atomic mass is 16.5. The number of rotatable bonds is 5. The molecule has 90 valence electrons. The maximum Gasteiger partial charge on any atom is 0.303 e. The predicted molar refractivity (Wildman–Crippen MR) is 57.3 cm³/mol. The van der Waals surface area contributed by atoms with Crippen LogP contribution in [0, 0.1) is 6.92 Å². The molecule has 6 heteroatoms. The van der Waals surface area contributed by atoms with Crippen molar-refractivity contribution in [3.63, 3.8) is 0 Å². The molecule has 0 aliphatic heterocycles. The number of hydrogen-bond donors (Lipinski definition) is 1. The average molecular weight is 236 g/mol. The Morgan fingerprint density at radius 3 is 3.00 bits per heavy atom. The standard InChI is InChI=1S/C11H12N2O4/c1-7-8(5-6-16-7)11-12-9(17-13-11)3-2-4-10(14)15/h5-6H,2-4H2,1H3,(H,14,15). The highest BCUT2D eigenvalue weighted by Gasteiger charge is 2.12. The molecule has 0 atom stereocenters. The van der Waals surface area contributed by atoms with E-state index in [9.17, 15) is 4.79 Å². The van der Waals surface area contributed by atoms with Gasteiger partial charge in [0.2, 0.25) is 11.7 Å². The van der Waals surface area contributed by atoms with Crippen molar-refractivity contribution in [2.45, 2.75) is 26.2 Å². The van der Waals surface area contributed by atoms with Crippen molar-refractivity contribution in [3.8, 4) is 11.4 Å². The van der Waals surface area contributed by atoms with Gasteiger partial charge in [0.25, 0.3) is 0 Å². The highest BCUT2D eigenvalue weighted by molar-refractivity contribution is 5.66. The quantitative estimate of drug-likeness (QED) is 0.854. The number of aryl methyl sites for hydroxylation is 2. The maximum atomic E-state index is 10.3. The Kier molecular flexibility index (Phi) is 3.22. The summed E-state index contributed by atoms with van der Waals surface area (Å²) in [5.74, 6) is 0.821. The monoisotopic (exact) mass is 236 g/mol. The Labute approximate surface area is 97.2 Å². The minimum absolute atomic E-state index is 0.0997. The molecule has 17 heavy (non-hydrogen) atoms. The summed E-state index contributed by atoms with van der Waals surface area (Å²) in [6.07, 6.45) is 2.62. The molecule has 2 aromatic rings. The third-order valence-corrected chi connectivity index (χ3v) is 2.35.